The summed E-state index contributed by atoms with van der Waals surface area (Å²) in [6, 6.07) is 20.9. The summed E-state index contributed by atoms with van der Waals surface area (Å²) in [6.45, 7) is 1.81. The van der Waals surface area contributed by atoms with Crippen LogP contribution in [0.4, 0.5) is 0 Å². The molecule has 0 saturated carbocycles. The first-order valence-electron chi connectivity index (χ1n) is 9.94. The van der Waals surface area contributed by atoms with E-state index in [1.54, 1.807) is 19.2 Å². The number of hydrogen-bond acceptors (Lipinski definition) is 5. The van der Waals surface area contributed by atoms with Crippen molar-refractivity contribution in [1.82, 2.24) is 4.90 Å². The van der Waals surface area contributed by atoms with Gasteiger partial charge in [0, 0.05) is 23.5 Å². The molecule has 1 aliphatic heterocycles. The van der Waals surface area contributed by atoms with Gasteiger partial charge in [0.15, 0.2) is 0 Å². The summed E-state index contributed by atoms with van der Waals surface area (Å²) in [5.74, 6) is 1.58. The second kappa shape index (κ2) is 8.10. The van der Waals surface area contributed by atoms with Crippen molar-refractivity contribution in [3.63, 3.8) is 0 Å². The Labute approximate surface area is 184 Å². The largest absolute Gasteiger partial charge is 0.497 e. The zero-order valence-corrected chi connectivity index (χ0v) is 17.7. The Hall–Kier alpha value is -3.28. The van der Waals surface area contributed by atoms with Gasteiger partial charge >= 0.3 is 5.63 Å². The van der Waals surface area contributed by atoms with Crippen molar-refractivity contribution >= 4 is 22.6 Å². The van der Waals surface area contributed by atoms with Crippen LogP contribution >= 0.6 is 11.6 Å². The summed E-state index contributed by atoms with van der Waals surface area (Å²) >= 11 is 5.97. The lowest BCUT2D eigenvalue weighted by atomic mass is 10.0. The van der Waals surface area contributed by atoms with Crippen LogP contribution in [0.1, 0.15) is 11.1 Å². The quantitative estimate of drug-likeness (QED) is 0.399. The highest BCUT2D eigenvalue weighted by Crippen LogP contribution is 2.33. The Kier molecular flexibility index (Phi) is 5.14. The van der Waals surface area contributed by atoms with Crippen LogP contribution in [0.15, 0.2) is 75.9 Å². The first kappa shape index (κ1) is 19.7. The highest BCUT2D eigenvalue weighted by atomic mass is 35.5. The van der Waals surface area contributed by atoms with Crippen molar-refractivity contribution < 1.29 is 13.9 Å². The van der Waals surface area contributed by atoms with E-state index in [0.29, 0.717) is 36.0 Å². The summed E-state index contributed by atoms with van der Waals surface area (Å²) in [4.78, 5) is 14.9. The summed E-state index contributed by atoms with van der Waals surface area (Å²) in [7, 11) is 1.65. The lowest BCUT2D eigenvalue weighted by molar-refractivity contribution is 0.0889. The molecule has 0 bridgehead atoms. The first-order chi connectivity index (χ1) is 15.1. The van der Waals surface area contributed by atoms with Gasteiger partial charge in [-0.15, -0.1) is 0 Å². The minimum Gasteiger partial charge on any atom is -0.497 e. The molecule has 1 aromatic heterocycles. The number of halogens is 1. The van der Waals surface area contributed by atoms with E-state index in [0.717, 1.165) is 33.6 Å². The molecule has 0 aliphatic carbocycles. The maximum absolute atomic E-state index is 12.8. The lowest BCUT2D eigenvalue weighted by Crippen LogP contribution is -2.31. The molecule has 4 aromatic rings. The SMILES string of the molecule is COc1ccc(CN2COc3ccc4cc(-c5ccc(Cl)cc5)c(=O)oc4c3C2)cc1. The molecule has 5 nitrogen and oxygen atoms in total. The van der Waals surface area contributed by atoms with Gasteiger partial charge in [-0.1, -0.05) is 35.9 Å². The summed E-state index contributed by atoms with van der Waals surface area (Å²) in [5.41, 5.74) is 3.51. The predicted octanol–water partition coefficient (Wildman–Crippen LogP) is 5.47. The second-order valence-corrected chi connectivity index (χ2v) is 7.96. The molecular formula is C25H20ClNO4. The number of benzene rings is 3. The Bertz CT molecular complexity index is 1300. The first-order valence-corrected chi connectivity index (χ1v) is 10.3. The van der Waals surface area contributed by atoms with Crippen LogP contribution in [0.5, 0.6) is 11.5 Å². The lowest BCUT2D eigenvalue weighted by Gasteiger charge is -2.29. The average Bonchev–Trinajstić information content (AvgIpc) is 2.80. The second-order valence-electron chi connectivity index (χ2n) is 7.52. The smallest absolute Gasteiger partial charge is 0.344 e. The summed E-state index contributed by atoms with van der Waals surface area (Å²) < 4.78 is 17.0. The standard InChI is InChI=1S/C25H20ClNO4/c1-29-20-9-2-16(3-10-20)13-27-14-22-23(30-15-27)11-6-18-12-21(25(28)31-24(18)22)17-4-7-19(26)8-5-17/h2-12H,13-15H2,1H3. The van der Waals surface area contributed by atoms with E-state index < -0.39 is 0 Å². The molecule has 6 heteroatoms. The van der Waals surface area contributed by atoms with Crippen LogP contribution in [0.25, 0.3) is 22.1 Å². The Morgan fingerprint density at radius 1 is 1.03 bits per heavy atom. The van der Waals surface area contributed by atoms with E-state index in [1.165, 1.54) is 0 Å². The number of hydrogen-bond donors (Lipinski definition) is 0. The molecule has 156 valence electrons. The van der Waals surface area contributed by atoms with Crippen molar-refractivity contribution in [2.24, 2.45) is 0 Å². The van der Waals surface area contributed by atoms with Crippen molar-refractivity contribution in [2.75, 3.05) is 13.8 Å². The number of fused-ring (bicyclic) bond motifs is 3. The van der Waals surface area contributed by atoms with Gasteiger partial charge < -0.3 is 13.9 Å². The van der Waals surface area contributed by atoms with Gasteiger partial charge in [-0.2, -0.15) is 0 Å². The van der Waals surface area contributed by atoms with Gasteiger partial charge in [-0.3, -0.25) is 4.90 Å². The molecule has 2 heterocycles. The monoisotopic (exact) mass is 433 g/mol. The summed E-state index contributed by atoms with van der Waals surface area (Å²) in [6.07, 6.45) is 0. The number of nitrogens with zero attached hydrogens (tertiary/aromatic N) is 1. The molecule has 0 N–H and O–H groups in total. The van der Waals surface area contributed by atoms with Crippen molar-refractivity contribution in [3.8, 4) is 22.6 Å². The fraction of sp³-hybridized carbons (Fsp3) is 0.160. The van der Waals surface area contributed by atoms with E-state index in [4.69, 9.17) is 25.5 Å². The normalized spacial score (nSPS) is 13.6. The molecule has 0 atom stereocenters. The van der Waals surface area contributed by atoms with E-state index in [9.17, 15) is 4.79 Å². The van der Waals surface area contributed by atoms with Gasteiger partial charge in [0.25, 0.3) is 0 Å². The van der Waals surface area contributed by atoms with Crippen LogP contribution in [-0.4, -0.2) is 18.7 Å². The molecule has 1 aliphatic rings. The zero-order chi connectivity index (χ0) is 21.4. The molecule has 0 spiro atoms. The Balaban J connectivity index is 1.47. The molecule has 5 rings (SSSR count). The van der Waals surface area contributed by atoms with Crippen LogP contribution in [0.2, 0.25) is 5.02 Å². The fourth-order valence-electron chi connectivity index (χ4n) is 3.86. The topological polar surface area (TPSA) is 51.9 Å². The highest BCUT2D eigenvalue weighted by Gasteiger charge is 2.22. The van der Waals surface area contributed by atoms with E-state index >= 15 is 0 Å². The van der Waals surface area contributed by atoms with E-state index in [-0.39, 0.29) is 5.63 Å². The average molecular weight is 434 g/mol. The minimum absolute atomic E-state index is 0.379. The molecule has 0 radical (unpaired) electrons. The molecule has 3 aromatic carbocycles. The maximum atomic E-state index is 12.8. The highest BCUT2D eigenvalue weighted by molar-refractivity contribution is 6.30. The molecule has 0 saturated heterocycles. The Morgan fingerprint density at radius 3 is 2.55 bits per heavy atom. The van der Waals surface area contributed by atoms with Gasteiger partial charge in [0.2, 0.25) is 0 Å². The van der Waals surface area contributed by atoms with E-state index in [2.05, 4.69) is 4.90 Å². The van der Waals surface area contributed by atoms with Crippen LogP contribution in [0, 0.1) is 0 Å². The van der Waals surface area contributed by atoms with Crippen molar-refractivity contribution in [3.05, 3.63) is 93.3 Å². The third-order valence-corrected chi connectivity index (χ3v) is 5.72. The number of ether oxygens (including phenoxy) is 2. The third kappa shape index (κ3) is 3.90. The fourth-order valence-corrected chi connectivity index (χ4v) is 3.99. The van der Waals surface area contributed by atoms with E-state index in [1.807, 2.05) is 54.6 Å². The molecule has 31 heavy (non-hydrogen) atoms. The maximum Gasteiger partial charge on any atom is 0.344 e. The molecule has 0 unspecified atom stereocenters. The number of methoxy groups -OCH3 is 1. The van der Waals surface area contributed by atoms with Crippen LogP contribution < -0.4 is 15.1 Å². The predicted molar refractivity (Wildman–Crippen MR) is 121 cm³/mol. The van der Waals surface area contributed by atoms with Crippen LogP contribution in [-0.2, 0) is 13.1 Å². The molecule has 0 fully saturated rings. The Morgan fingerprint density at radius 2 is 1.81 bits per heavy atom. The third-order valence-electron chi connectivity index (χ3n) is 5.47. The number of rotatable bonds is 4. The van der Waals surface area contributed by atoms with Gasteiger partial charge in [0.1, 0.15) is 23.8 Å². The van der Waals surface area contributed by atoms with Crippen molar-refractivity contribution in [1.29, 1.82) is 0 Å². The van der Waals surface area contributed by atoms with Crippen LogP contribution in [0.3, 0.4) is 0 Å². The summed E-state index contributed by atoms with van der Waals surface area (Å²) in [5, 5.41) is 1.48. The van der Waals surface area contributed by atoms with Gasteiger partial charge in [-0.25, -0.2) is 4.79 Å². The van der Waals surface area contributed by atoms with Gasteiger partial charge in [-0.05, 0) is 53.6 Å². The molecule has 0 amide bonds. The van der Waals surface area contributed by atoms with Gasteiger partial charge in [0.05, 0.1) is 18.2 Å². The van der Waals surface area contributed by atoms with Crippen molar-refractivity contribution in [2.45, 2.75) is 13.1 Å². The zero-order valence-electron chi connectivity index (χ0n) is 16.9. The molecular weight excluding hydrogens is 414 g/mol. The minimum atomic E-state index is -0.379.